The highest BCUT2D eigenvalue weighted by Crippen LogP contribution is 2.21. The fourth-order valence-corrected chi connectivity index (χ4v) is 2.53. The van der Waals surface area contributed by atoms with Gasteiger partial charge >= 0.3 is 0 Å². The molecule has 0 bridgehead atoms. The first-order valence-electron chi connectivity index (χ1n) is 7.19. The van der Waals surface area contributed by atoms with Gasteiger partial charge in [0.2, 0.25) is 5.89 Å². The molecule has 4 nitrogen and oxygen atoms in total. The first kappa shape index (κ1) is 19.0. The summed E-state index contributed by atoms with van der Waals surface area (Å²) in [6.45, 7) is 8.22. The number of rotatable bonds is 3. The van der Waals surface area contributed by atoms with Gasteiger partial charge in [0, 0.05) is 31.2 Å². The molecule has 1 N–H and O–H groups in total. The lowest BCUT2D eigenvalue weighted by molar-refractivity contribution is 0.151. The Morgan fingerprint density at radius 3 is 2.68 bits per heavy atom. The van der Waals surface area contributed by atoms with Gasteiger partial charge in [0.15, 0.2) is 5.76 Å². The highest BCUT2D eigenvalue weighted by Gasteiger charge is 2.19. The van der Waals surface area contributed by atoms with E-state index in [1.807, 2.05) is 6.20 Å². The van der Waals surface area contributed by atoms with Crippen LogP contribution in [0.15, 0.2) is 34.9 Å². The van der Waals surface area contributed by atoms with E-state index in [0.29, 0.717) is 6.04 Å². The van der Waals surface area contributed by atoms with Gasteiger partial charge in [0.05, 0.1) is 12.7 Å². The van der Waals surface area contributed by atoms with E-state index in [-0.39, 0.29) is 24.8 Å². The van der Waals surface area contributed by atoms with Gasteiger partial charge in [-0.2, -0.15) is 0 Å². The average Bonchev–Trinajstić information content (AvgIpc) is 2.91. The fraction of sp³-hybridized carbons (Fsp3) is 0.438. The summed E-state index contributed by atoms with van der Waals surface area (Å²) in [6, 6.07) is 8.87. The van der Waals surface area contributed by atoms with Crippen LogP contribution in [0.5, 0.6) is 0 Å². The predicted molar refractivity (Wildman–Crippen MR) is 93.9 cm³/mol. The number of nitrogens with one attached hydrogen (secondary N) is 1. The van der Waals surface area contributed by atoms with Crippen LogP contribution in [-0.4, -0.2) is 35.6 Å². The van der Waals surface area contributed by atoms with E-state index in [1.54, 1.807) is 0 Å². The Hall–Kier alpha value is -1.07. The Morgan fingerprint density at radius 1 is 1.27 bits per heavy atom. The van der Waals surface area contributed by atoms with Gasteiger partial charge in [-0.15, -0.1) is 24.8 Å². The number of piperazine rings is 1. The van der Waals surface area contributed by atoms with Crippen molar-refractivity contribution in [1.82, 2.24) is 15.2 Å². The highest BCUT2D eigenvalue weighted by molar-refractivity contribution is 5.85. The molecule has 0 amide bonds. The van der Waals surface area contributed by atoms with E-state index < -0.39 is 0 Å². The lowest BCUT2D eigenvalue weighted by Gasteiger charge is -2.32. The van der Waals surface area contributed by atoms with Crippen molar-refractivity contribution < 1.29 is 4.42 Å². The zero-order chi connectivity index (χ0) is 13.9. The summed E-state index contributed by atoms with van der Waals surface area (Å²) in [5, 5.41) is 3.39. The zero-order valence-corrected chi connectivity index (χ0v) is 14.5. The van der Waals surface area contributed by atoms with Gasteiger partial charge in [-0.25, -0.2) is 4.98 Å². The Balaban J connectivity index is 0.00000121. The second kappa shape index (κ2) is 8.53. The number of aryl methyl sites for hydroxylation is 1. The van der Waals surface area contributed by atoms with E-state index in [1.165, 1.54) is 5.56 Å². The lowest BCUT2D eigenvalue weighted by atomic mass is 10.1. The molecular formula is C16H23Cl2N3O. The van der Waals surface area contributed by atoms with E-state index in [4.69, 9.17) is 4.42 Å². The number of halogens is 2. The molecule has 1 aromatic heterocycles. The monoisotopic (exact) mass is 343 g/mol. The van der Waals surface area contributed by atoms with Gasteiger partial charge in [-0.05, 0) is 13.8 Å². The molecule has 1 saturated heterocycles. The van der Waals surface area contributed by atoms with Crippen LogP contribution in [0.25, 0.3) is 11.3 Å². The van der Waals surface area contributed by atoms with Gasteiger partial charge in [0.25, 0.3) is 0 Å². The third-order valence-corrected chi connectivity index (χ3v) is 3.87. The number of nitrogens with zero attached hydrogens (tertiary/aromatic N) is 2. The van der Waals surface area contributed by atoms with E-state index in [0.717, 1.165) is 43.4 Å². The second-order valence-electron chi connectivity index (χ2n) is 5.51. The minimum Gasteiger partial charge on any atom is -0.439 e. The quantitative estimate of drug-likeness (QED) is 0.928. The van der Waals surface area contributed by atoms with Crippen LogP contribution in [-0.2, 0) is 6.54 Å². The van der Waals surface area contributed by atoms with Gasteiger partial charge < -0.3 is 9.73 Å². The van der Waals surface area contributed by atoms with Crippen LogP contribution in [0, 0.1) is 6.92 Å². The zero-order valence-electron chi connectivity index (χ0n) is 12.9. The van der Waals surface area contributed by atoms with Crippen LogP contribution in [0.2, 0.25) is 0 Å². The average molecular weight is 344 g/mol. The third kappa shape index (κ3) is 4.46. The molecule has 0 spiro atoms. The summed E-state index contributed by atoms with van der Waals surface area (Å²) >= 11 is 0. The lowest BCUT2D eigenvalue weighted by Crippen LogP contribution is -2.49. The van der Waals surface area contributed by atoms with Crippen molar-refractivity contribution in [3.8, 4) is 11.3 Å². The Labute approximate surface area is 144 Å². The Bertz CT molecular complexity index is 571. The van der Waals surface area contributed by atoms with Crippen LogP contribution in [0.4, 0.5) is 0 Å². The number of aromatic nitrogens is 1. The summed E-state index contributed by atoms with van der Waals surface area (Å²) in [4.78, 5) is 6.82. The molecule has 1 atom stereocenters. The van der Waals surface area contributed by atoms with Crippen molar-refractivity contribution in [2.45, 2.75) is 26.4 Å². The van der Waals surface area contributed by atoms with E-state index in [9.17, 15) is 0 Å². The maximum Gasteiger partial charge on any atom is 0.209 e. The molecule has 2 aromatic rings. The molecule has 2 heterocycles. The number of oxazole rings is 1. The molecular weight excluding hydrogens is 321 g/mol. The number of hydrogen-bond donors (Lipinski definition) is 1. The van der Waals surface area contributed by atoms with Gasteiger partial charge in [0.1, 0.15) is 0 Å². The largest absolute Gasteiger partial charge is 0.439 e. The smallest absolute Gasteiger partial charge is 0.209 e. The normalized spacial score (nSPS) is 18.4. The molecule has 6 heteroatoms. The molecule has 3 rings (SSSR count). The van der Waals surface area contributed by atoms with Crippen molar-refractivity contribution in [1.29, 1.82) is 0 Å². The predicted octanol–water partition coefficient (Wildman–Crippen LogP) is 3.29. The van der Waals surface area contributed by atoms with Crippen molar-refractivity contribution in [2.75, 3.05) is 19.6 Å². The summed E-state index contributed by atoms with van der Waals surface area (Å²) in [5.41, 5.74) is 2.34. The van der Waals surface area contributed by atoms with Crippen LogP contribution in [0.3, 0.4) is 0 Å². The summed E-state index contributed by atoms with van der Waals surface area (Å²) in [6.07, 6.45) is 1.83. The van der Waals surface area contributed by atoms with Crippen LogP contribution in [0.1, 0.15) is 18.4 Å². The standard InChI is InChI=1S/C16H21N3O.2ClH/c1-12-3-5-14(6-4-12)15-10-18-16(20-15)11-19-8-7-17-9-13(19)2;;/h3-6,10,13,17H,7-9,11H2,1-2H3;2*1H/t13-;;/m1../s1. The minimum atomic E-state index is 0. The van der Waals surface area contributed by atoms with Crippen molar-refractivity contribution in [2.24, 2.45) is 0 Å². The molecule has 0 radical (unpaired) electrons. The first-order chi connectivity index (χ1) is 9.72. The van der Waals surface area contributed by atoms with Crippen molar-refractivity contribution >= 4 is 24.8 Å². The van der Waals surface area contributed by atoms with Crippen LogP contribution < -0.4 is 5.32 Å². The van der Waals surface area contributed by atoms with Crippen LogP contribution >= 0.6 is 24.8 Å². The molecule has 0 aliphatic carbocycles. The maximum absolute atomic E-state index is 5.89. The Kier molecular flexibility index (Phi) is 7.36. The van der Waals surface area contributed by atoms with E-state index in [2.05, 4.69) is 53.3 Å². The molecule has 0 unspecified atom stereocenters. The Morgan fingerprint density at radius 2 is 2.00 bits per heavy atom. The van der Waals surface area contributed by atoms with Crippen molar-refractivity contribution in [3.05, 3.63) is 41.9 Å². The molecule has 1 aromatic carbocycles. The first-order valence-corrected chi connectivity index (χ1v) is 7.19. The summed E-state index contributed by atoms with van der Waals surface area (Å²) < 4.78 is 5.89. The topological polar surface area (TPSA) is 41.3 Å². The third-order valence-electron chi connectivity index (χ3n) is 3.87. The minimum absolute atomic E-state index is 0. The summed E-state index contributed by atoms with van der Waals surface area (Å²) in [7, 11) is 0. The molecule has 22 heavy (non-hydrogen) atoms. The maximum atomic E-state index is 5.89. The summed E-state index contributed by atoms with van der Waals surface area (Å²) in [5.74, 6) is 1.65. The van der Waals surface area contributed by atoms with Crippen molar-refractivity contribution in [3.63, 3.8) is 0 Å². The van der Waals surface area contributed by atoms with E-state index >= 15 is 0 Å². The molecule has 1 aliphatic heterocycles. The molecule has 122 valence electrons. The number of hydrogen-bond acceptors (Lipinski definition) is 4. The SMILES string of the molecule is Cc1ccc(-c2cnc(CN3CCNC[C@H]3C)o2)cc1.Cl.Cl. The molecule has 1 aliphatic rings. The highest BCUT2D eigenvalue weighted by atomic mass is 35.5. The van der Waals surface area contributed by atoms with Gasteiger partial charge in [-0.3, -0.25) is 4.90 Å². The molecule has 1 fully saturated rings. The fourth-order valence-electron chi connectivity index (χ4n) is 2.53. The second-order valence-corrected chi connectivity index (χ2v) is 5.51. The number of benzene rings is 1. The van der Waals surface area contributed by atoms with Gasteiger partial charge in [-0.1, -0.05) is 29.8 Å². The molecule has 0 saturated carbocycles.